The van der Waals surface area contributed by atoms with E-state index >= 15 is 0 Å². The second kappa shape index (κ2) is 6.87. The van der Waals surface area contributed by atoms with Crippen LogP contribution in [0.25, 0.3) is 10.9 Å². The Morgan fingerprint density at radius 1 is 1.13 bits per heavy atom. The number of carbonyl (C=O) groups excluding carboxylic acids is 1. The van der Waals surface area contributed by atoms with Crippen LogP contribution in [0.15, 0.2) is 59.5 Å². The first-order chi connectivity index (χ1) is 11.2. The Hall–Kier alpha value is -2.95. The van der Waals surface area contributed by atoms with Crippen molar-refractivity contribution in [1.29, 1.82) is 0 Å². The van der Waals surface area contributed by atoms with Crippen molar-refractivity contribution in [2.75, 3.05) is 0 Å². The molecule has 0 radical (unpaired) electrons. The summed E-state index contributed by atoms with van der Waals surface area (Å²) in [7, 11) is 0. The average molecular weight is 307 g/mol. The Morgan fingerprint density at radius 3 is 2.78 bits per heavy atom. The van der Waals surface area contributed by atoms with Gasteiger partial charge >= 0.3 is 0 Å². The third-order valence-corrected chi connectivity index (χ3v) is 3.64. The maximum atomic E-state index is 12.0. The lowest BCUT2D eigenvalue weighted by molar-refractivity contribution is -0.121. The van der Waals surface area contributed by atoms with Crippen molar-refractivity contribution < 1.29 is 4.79 Å². The molecule has 0 spiro atoms. The van der Waals surface area contributed by atoms with Gasteiger partial charge in [-0.3, -0.25) is 14.6 Å². The molecular weight excluding hydrogens is 290 g/mol. The molecule has 0 atom stereocenters. The van der Waals surface area contributed by atoms with Crippen LogP contribution in [0.3, 0.4) is 0 Å². The van der Waals surface area contributed by atoms with Crippen LogP contribution >= 0.6 is 0 Å². The van der Waals surface area contributed by atoms with E-state index < -0.39 is 0 Å². The highest BCUT2D eigenvalue weighted by Crippen LogP contribution is 2.11. The van der Waals surface area contributed by atoms with Crippen molar-refractivity contribution in [2.45, 2.75) is 19.4 Å². The molecule has 0 aliphatic carbocycles. The number of para-hydroxylation sites is 1. The van der Waals surface area contributed by atoms with Gasteiger partial charge in [0.15, 0.2) is 0 Å². The van der Waals surface area contributed by atoms with Crippen molar-refractivity contribution >= 4 is 16.8 Å². The third-order valence-electron chi connectivity index (χ3n) is 3.64. The van der Waals surface area contributed by atoms with E-state index in [1.165, 1.54) is 0 Å². The van der Waals surface area contributed by atoms with E-state index in [4.69, 9.17) is 0 Å². The topological polar surface area (TPSA) is 74.8 Å². The standard InChI is InChI=1S/C18H17N3O2/c22-17(20-12-15-6-3-4-10-19-15)9-8-14-11-13-5-1-2-7-16(13)21-18(14)23/h1-7,10-11H,8-9,12H2,(H,20,22)(H,21,23). The van der Waals surface area contributed by atoms with Gasteiger partial charge in [0, 0.05) is 23.7 Å². The second-order valence-corrected chi connectivity index (χ2v) is 5.31. The molecule has 0 saturated heterocycles. The van der Waals surface area contributed by atoms with E-state index in [-0.39, 0.29) is 17.9 Å². The van der Waals surface area contributed by atoms with Gasteiger partial charge in [0.05, 0.1) is 12.2 Å². The minimum absolute atomic E-state index is 0.0942. The van der Waals surface area contributed by atoms with Crippen molar-refractivity contribution in [2.24, 2.45) is 0 Å². The Kier molecular flexibility index (Phi) is 4.47. The molecule has 2 heterocycles. The number of benzene rings is 1. The molecule has 23 heavy (non-hydrogen) atoms. The molecule has 1 amide bonds. The fourth-order valence-electron chi connectivity index (χ4n) is 2.41. The summed E-state index contributed by atoms with van der Waals surface area (Å²) in [6, 6.07) is 15.0. The first-order valence-corrected chi connectivity index (χ1v) is 7.50. The van der Waals surface area contributed by atoms with Crippen LogP contribution in [-0.2, 0) is 17.8 Å². The lowest BCUT2D eigenvalue weighted by Gasteiger charge is -2.05. The molecule has 0 aliphatic heterocycles. The van der Waals surface area contributed by atoms with Gasteiger partial charge in [-0.25, -0.2) is 0 Å². The molecule has 0 saturated carbocycles. The monoisotopic (exact) mass is 307 g/mol. The van der Waals surface area contributed by atoms with Gasteiger partial charge in [-0.2, -0.15) is 0 Å². The minimum atomic E-state index is -0.138. The summed E-state index contributed by atoms with van der Waals surface area (Å²) in [6.45, 7) is 0.397. The predicted octanol–water partition coefficient (Wildman–Crippen LogP) is 2.17. The molecule has 5 heteroatoms. The highest BCUT2D eigenvalue weighted by molar-refractivity contribution is 5.79. The molecule has 0 fully saturated rings. The SMILES string of the molecule is O=C(CCc1cc2ccccc2[nH]c1=O)NCc1ccccn1. The normalized spacial score (nSPS) is 10.6. The van der Waals surface area contributed by atoms with Gasteiger partial charge in [0.2, 0.25) is 5.91 Å². The quantitative estimate of drug-likeness (QED) is 0.758. The van der Waals surface area contributed by atoms with Crippen LogP contribution < -0.4 is 10.9 Å². The highest BCUT2D eigenvalue weighted by atomic mass is 16.1. The van der Waals surface area contributed by atoms with Crippen LogP contribution in [0.5, 0.6) is 0 Å². The largest absolute Gasteiger partial charge is 0.350 e. The number of aromatic nitrogens is 2. The van der Waals surface area contributed by atoms with Crippen molar-refractivity contribution in [1.82, 2.24) is 15.3 Å². The second-order valence-electron chi connectivity index (χ2n) is 5.31. The number of hydrogen-bond donors (Lipinski definition) is 2. The fraction of sp³-hybridized carbons (Fsp3) is 0.167. The van der Waals surface area contributed by atoms with Crippen LogP contribution in [-0.4, -0.2) is 15.9 Å². The number of hydrogen-bond acceptors (Lipinski definition) is 3. The zero-order valence-corrected chi connectivity index (χ0v) is 12.6. The first kappa shape index (κ1) is 15.0. The zero-order valence-electron chi connectivity index (χ0n) is 12.6. The van der Waals surface area contributed by atoms with E-state index in [2.05, 4.69) is 15.3 Å². The molecule has 116 valence electrons. The number of pyridine rings is 2. The van der Waals surface area contributed by atoms with Crippen molar-refractivity contribution in [3.05, 3.63) is 76.3 Å². The maximum Gasteiger partial charge on any atom is 0.251 e. The van der Waals surface area contributed by atoms with E-state index in [1.807, 2.05) is 48.5 Å². The number of aryl methyl sites for hydroxylation is 1. The third kappa shape index (κ3) is 3.83. The summed E-state index contributed by atoms with van der Waals surface area (Å²) < 4.78 is 0. The Morgan fingerprint density at radius 2 is 1.96 bits per heavy atom. The van der Waals surface area contributed by atoms with Gasteiger partial charge in [0.1, 0.15) is 0 Å². The summed E-state index contributed by atoms with van der Waals surface area (Å²) in [6.07, 6.45) is 2.37. The Bertz CT molecular complexity index is 872. The predicted molar refractivity (Wildman–Crippen MR) is 89.0 cm³/mol. The van der Waals surface area contributed by atoms with Gasteiger partial charge in [0.25, 0.3) is 5.56 Å². The van der Waals surface area contributed by atoms with Gasteiger partial charge < -0.3 is 10.3 Å². The van der Waals surface area contributed by atoms with E-state index in [0.717, 1.165) is 16.6 Å². The number of nitrogens with zero attached hydrogens (tertiary/aromatic N) is 1. The number of H-pyrrole nitrogens is 1. The van der Waals surface area contributed by atoms with Gasteiger partial charge in [-0.15, -0.1) is 0 Å². The molecule has 0 bridgehead atoms. The number of carbonyl (C=O) groups is 1. The van der Waals surface area contributed by atoms with E-state index in [1.54, 1.807) is 6.20 Å². The molecule has 5 nitrogen and oxygen atoms in total. The molecule has 1 aromatic carbocycles. The van der Waals surface area contributed by atoms with Crippen LogP contribution in [0.4, 0.5) is 0 Å². The molecule has 0 aliphatic rings. The van der Waals surface area contributed by atoms with Crippen LogP contribution in [0.2, 0.25) is 0 Å². The minimum Gasteiger partial charge on any atom is -0.350 e. The number of rotatable bonds is 5. The molecular formula is C18H17N3O2. The van der Waals surface area contributed by atoms with Crippen molar-refractivity contribution in [3.8, 4) is 0 Å². The van der Waals surface area contributed by atoms with Crippen molar-refractivity contribution in [3.63, 3.8) is 0 Å². The lowest BCUT2D eigenvalue weighted by atomic mass is 10.1. The zero-order chi connectivity index (χ0) is 16.1. The number of fused-ring (bicyclic) bond motifs is 1. The number of amides is 1. The van der Waals surface area contributed by atoms with Gasteiger partial charge in [-0.1, -0.05) is 24.3 Å². The highest BCUT2D eigenvalue weighted by Gasteiger charge is 2.07. The Labute approximate surface area is 133 Å². The van der Waals surface area contributed by atoms with Crippen LogP contribution in [0.1, 0.15) is 17.7 Å². The number of nitrogens with one attached hydrogen (secondary N) is 2. The molecule has 3 rings (SSSR count). The summed E-state index contributed by atoms with van der Waals surface area (Å²) in [5, 5.41) is 3.78. The number of aromatic amines is 1. The van der Waals surface area contributed by atoms with Crippen LogP contribution in [0, 0.1) is 0 Å². The summed E-state index contributed by atoms with van der Waals surface area (Å²) in [5.74, 6) is -0.0942. The summed E-state index contributed by atoms with van der Waals surface area (Å²) >= 11 is 0. The molecule has 3 aromatic rings. The lowest BCUT2D eigenvalue weighted by Crippen LogP contribution is -2.24. The van der Waals surface area contributed by atoms with E-state index in [9.17, 15) is 9.59 Å². The molecule has 0 unspecified atom stereocenters. The fourth-order valence-corrected chi connectivity index (χ4v) is 2.41. The first-order valence-electron chi connectivity index (χ1n) is 7.50. The Balaban J connectivity index is 1.60. The molecule has 2 aromatic heterocycles. The smallest absolute Gasteiger partial charge is 0.251 e. The average Bonchev–Trinajstić information content (AvgIpc) is 2.59. The summed E-state index contributed by atoms with van der Waals surface area (Å²) in [5.41, 5.74) is 2.10. The maximum absolute atomic E-state index is 12.0. The van der Waals surface area contributed by atoms with Gasteiger partial charge in [-0.05, 0) is 36.1 Å². The molecule has 2 N–H and O–H groups in total. The summed E-state index contributed by atoms with van der Waals surface area (Å²) in [4.78, 5) is 30.9. The van der Waals surface area contributed by atoms with E-state index in [0.29, 0.717) is 18.5 Å².